The minimum absolute atomic E-state index is 0.163. The average molecular weight is 297 g/mol. The molecular weight excluding hydrogens is 274 g/mol. The Morgan fingerprint density at radius 3 is 2.60 bits per heavy atom. The lowest BCUT2D eigenvalue weighted by molar-refractivity contribution is 0.303. The molecule has 1 saturated carbocycles. The first-order chi connectivity index (χ1) is 9.43. The second-order valence-corrected chi connectivity index (χ2v) is 7.64. The zero-order valence-corrected chi connectivity index (χ0v) is 12.9. The third-order valence-corrected chi connectivity index (χ3v) is 5.79. The predicted octanol–water partition coefficient (Wildman–Crippen LogP) is 2.12. The molecule has 20 heavy (non-hydrogen) atoms. The maximum absolute atomic E-state index is 12.2. The standard InChI is InChI=1S/C14H23N3O2S/c1-17(2)20(18,19)13-8-4-7-12(14(13)15)16-10-9-11-5-3-6-11/h4,7-8,11,16H,3,5-6,9-10,15H2,1-2H3. The summed E-state index contributed by atoms with van der Waals surface area (Å²) in [7, 11) is -0.486. The minimum Gasteiger partial charge on any atom is -0.396 e. The molecule has 1 aliphatic rings. The summed E-state index contributed by atoms with van der Waals surface area (Å²) in [5, 5.41) is 3.26. The number of rotatable bonds is 6. The van der Waals surface area contributed by atoms with Crippen LogP contribution in [0.15, 0.2) is 23.1 Å². The highest BCUT2D eigenvalue weighted by molar-refractivity contribution is 7.89. The predicted molar refractivity (Wildman–Crippen MR) is 82.2 cm³/mol. The normalized spacial score (nSPS) is 16.1. The summed E-state index contributed by atoms with van der Waals surface area (Å²) in [6, 6.07) is 5.09. The molecule has 5 nitrogen and oxygen atoms in total. The molecule has 0 unspecified atom stereocenters. The topological polar surface area (TPSA) is 75.4 Å². The van der Waals surface area contributed by atoms with Crippen LogP contribution in [-0.2, 0) is 10.0 Å². The number of hydrogen-bond acceptors (Lipinski definition) is 4. The van der Waals surface area contributed by atoms with Crippen LogP contribution in [0.5, 0.6) is 0 Å². The Hall–Kier alpha value is -1.27. The van der Waals surface area contributed by atoms with Gasteiger partial charge >= 0.3 is 0 Å². The van der Waals surface area contributed by atoms with Crippen molar-refractivity contribution in [3.8, 4) is 0 Å². The lowest BCUT2D eigenvalue weighted by Crippen LogP contribution is -2.23. The third kappa shape index (κ3) is 3.07. The van der Waals surface area contributed by atoms with Crippen molar-refractivity contribution in [1.82, 2.24) is 4.31 Å². The van der Waals surface area contributed by atoms with Crippen molar-refractivity contribution < 1.29 is 8.42 Å². The number of nitrogens with two attached hydrogens (primary N) is 1. The van der Waals surface area contributed by atoms with Gasteiger partial charge in [-0.25, -0.2) is 12.7 Å². The fourth-order valence-corrected chi connectivity index (χ4v) is 3.34. The minimum atomic E-state index is -3.50. The van der Waals surface area contributed by atoms with E-state index in [2.05, 4.69) is 5.32 Å². The second-order valence-electron chi connectivity index (χ2n) is 5.52. The fraction of sp³-hybridized carbons (Fsp3) is 0.571. The maximum Gasteiger partial charge on any atom is 0.244 e. The second kappa shape index (κ2) is 6.01. The maximum atomic E-state index is 12.2. The summed E-state index contributed by atoms with van der Waals surface area (Å²) in [5.41, 5.74) is 7.00. The van der Waals surface area contributed by atoms with Crippen LogP contribution in [0.25, 0.3) is 0 Å². The lowest BCUT2D eigenvalue weighted by atomic mass is 9.83. The SMILES string of the molecule is CN(C)S(=O)(=O)c1cccc(NCCC2CCC2)c1N. The van der Waals surface area contributed by atoms with E-state index >= 15 is 0 Å². The van der Waals surface area contributed by atoms with Gasteiger partial charge in [-0.2, -0.15) is 0 Å². The molecule has 1 aromatic carbocycles. The van der Waals surface area contributed by atoms with Crippen molar-refractivity contribution in [3.63, 3.8) is 0 Å². The van der Waals surface area contributed by atoms with Gasteiger partial charge in [-0.1, -0.05) is 25.3 Å². The van der Waals surface area contributed by atoms with Gasteiger partial charge < -0.3 is 11.1 Å². The summed E-state index contributed by atoms with van der Waals surface area (Å²) in [6.45, 7) is 0.834. The molecule has 0 heterocycles. The van der Waals surface area contributed by atoms with Crippen LogP contribution in [0.2, 0.25) is 0 Å². The molecule has 0 bridgehead atoms. The van der Waals surface area contributed by atoms with Crippen molar-refractivity contribution in [3.05, 3.63) is 18.2 Å². The number of sulfonamides is 1. The molecule has 0 atom stereocenters. The highest BCUT2D eigenvalue weighted by Crippen LogP contribution is 2.31. The van der Waals surface area contributed by atoms with Gasteiger partial charge in [0.25, 0.3) is 0 Å². The number of nitrogens with one attached hydrogen (secondary N) is 1. The third-order valence-electron chi connectivity index (χ3n) is 3.92. The molecule has 3 N–H and O–H groups in total. The van der Waals surface area contributed by atoms with Crippen LogP contribution in [0, 0.1) is 5.92 Å². The van der Waals surface area contributed by atoms with Crippen LogP contribution >= 0.6 is 0 Å². The molecule has 0 aliphatic heterocycles. The first kappa shape index (κ1) is 15.1. The van der Waals surface area contributed by atoms with Crippen LogP contribution < -0.4 is 11.1 Å². The zero-order valence-electron chi connectivity index (χ0n) is 12.1. The Morgan fingerprint density at radius 2 is 2.05 bits per heavy atom. The monoisotopic (exact) mass is 297 g/mol. The summed E-state index contributed by atoms with van der Waals surface area (Å²) in [5.74, 6) is 0.817. The molecule has 0 aromatic heterocycles. The fourth-order valence-electron chi connectivity index (χ4n) is 2.31. The average Bonchev–Trinajstić information content (AvgIpc) is 2.33. The number of nitrogens with zero attached hydrogens (tertiary/aromatic N) is 1. The van der Waals surface area contributed by atoms with E-state index in [0.717, 1.165) is 18.9 Å². The molecule has 1 aromatic rings. The van der Waals surface area contributed by atoms with Gasteiger partial charge in [-0.15, -0.1) is 0 Å². The molecule has 1 fully saturated rings. The van der Waals surface area contributed by atoms with Crippen LogP contribution in [0.4, 0.5) is 11.4 Å². The van der Waals surface area contributed by atoms with E-state index in [1.54, 1.807) is 12.1 Å². The molecule has 6 heteroatoms. The molecule has 0 radical (unpaired) electrons. The smallest absolute Gasteiger partial charge is 0.244 e. The Bertz CT molecular complexity index is 566. The van der Waals surface area contributed by atoms with Crippen LogP contribution in [0.3, 0.4) is 0 Å². The Balaban J connectivity index is 2.10. The summed E-state index contributed by atoms with van der Waals surface area (Å²) in [6.07, 6.45) is 5.08. The molecule has 0 amide bonds. The van der Waals surface area contributed by atoms with Crippen molar-refractivity contribution in [2.75, 3.05) is 31.7 Å². The number of anilines is 2. The Labute approximate surface area is 121 Å². The van der Waals surface area contributed by atoms with Crippen molar-refractivity contribution in [2.24, 2.45) is 5.92 Å². The van der Waals surface area contributed by atoms with E-state index in [-0.39, 0.29) is 4.90 Å². The summed E-state index contributed by atoms with van der Waals surface area (Å²) < 4.78 is 25.5. The Morgan fingerprint density at radius 1 is 1.35 bits per heavy atom. The first-order valence-corrected chi connectivity index (χ1v) is 8.42. The molecule has 0 spiro atoms. The van der Waals surface area contributed by atoms with E-state index in [4.69, 9.17) is 5.73 Å². The van der Waals surface area contributed by atoms with Gasteiger partial charge in [0.05, 0.1) is 11.4 Å². The summed E-state index contributed by atoms with van der Waals surface area (Å²) in [4.78, 5) is 0.163. The number of nitrogen functional groups attached to an aromatic ring is 1. The van der Waals surface area contributed by atoms with E-state index in [1.165, 1.54) is 37.7 Å². The van der Waals surface area contributed by atoms with E-state index in [1.807, 2.05) is 6.07 Å². The first-order valence-electron chi connectivity index (χ1n) is 6.98. The van der Waals surface area contributed by atoms with Crippen molar-refractivity contribution in [1.29, 1.82) is 0 Å². The van der Waals surface area contributed by atoms with Gasteiger partial charge in [0, 0.05) is 20.6 Å². The van der Waals surface area contributed by atoms with Gasteiger partial charge in [0.1, 0.15) is 4.90 Å². The van der Waals surface area contributed by atoms with Crippen LogP contribution in [-0.4, -0.2) is 33.4 Å². The zero-order chi connectivity index (χ0) is 14.8. The van der Waals surface area contributed by atoms with Crippen LogP contribution in [0.1, 0.15) is 25.7 Å². The van der Waals surface area contributed by atoms with Gasteiger partial charge in [-0.05, 0) is 24.5 Å². The van der Waals surface area contributed by atoms with Gasteiger partial charge in [-0.3, -0.25) is 0 Å². The van der Waals surface area contributed by atoms with Crippen molar-refractivity contribution in [2.45, 2.75) is 30.6 Å². The number of para-hydroxylation sites is 1. The highest BCUT2D eigenvalue weighted by Gasteiger charge is 2.22. The van der Waals surface area contributed by atoms with E-state index in [0.29, 0.717) is 11.4 Å². The Kier molecular flexibility index (Phi) is 4.55. The molecule has 1 aliphatic carbocycles. The van der Waals surface area contributed by atoms with Gasteiger partial charge in [0.15, 0.2) is 0 Å². The molecule has 0 saturated heterocycles. The number of hydrogen-bond donors (Lipinski definition) is 2. The van der Waals surface area contributed by atoms with E-state index in [9.17, 15) is 8.42 Å². The molecule has 112 valence electrons. The highest BCUT2D eigenvalue weighted by atomic mass is 32.2. The quantitative estimate of drug-likeness (QED) is 0.789. The van der Waals surface area contributed by atoms with Gasteiger partial charge in [0.2, 0.25) is 10.0 Å². The summed E-state index contributed by atoms with van der Waals surface area (Å²) >= 11 is 0. The number of benzene rings is 1. The largest absolute Gasteiger partial charge is 0.396 e. The van der Waals surface area contributed by atoms with Crippen molar-refractivity contribution >= 4 is 21.4 Å². The molecular formula is C14H23N3O2S. The lowest BCUT2D eigenvalue weighted by Gasteiger charge is -2.25. The van der Waals surface area contributed by atoms with E-state index < -0.39 is 10.0 Å². The molecule has 2 rings (SSSR count).